The van der Waals surface area contributed by atoms with Crippen LogP contribution in [-0.4, -0.2) is 32.7 Å². The molecule has 21 heavy (non-hydrogen) atoms. The molecule has 1 amide bonds. The summed E-state index contributed by atoms with van der Waals surface area (Å²) >= 11 is 6.22. The van der Waals surface area contributed by atoms with Gasteiger partial charge in [-0.3, -0.25) is 9.69 Å². The van der Waals surface area contributed by atoms with E-state index in [2.05, 4.69) is 15.5 Å². The quantitative estimate of drug-likeness (QED) is 0.849. The Balaban J connectivity index is 1.55. The molecule has 1 saturated carbocycles. The van der Waals surface area contributed by atoms with Gasteiger partial charge < -0.3 is 0 Å². The minimum absolute atomic E-state index is 0.00634. The van der Waals surface area contributed by atoms with Crippen molar-refractivity contribution >= 4 is 23.5 Å². The van der Waals surface area contributed by atoms with Crippen LogP contribution in [0.2, 0.25) is 5.02 Å². The lowest BCUT2D eigenvalue weighted by atomic mass is 10.1. The molecule has 6 nitrogen and oxygen atoms in total. The van der Waals surface area contributed by atoms with Crippen LogP contribution in [0.5, 0.6) is 0 Å². The van der Waals surface area contributed by atoms with Gasteiger partial charge in [0, 0.05) is 24.0 Å². The molecule has 1 aromatic carbocycles. The molecule has 7 heteroatoms. The van der Waals surface area contributed by atoms with Crippen LogP contribution in [-0.2, 0) is 11.3 Å². The van der Waals surface area contributed by atoms with Crippen molar-refractivity contribution < 1.29 is 4.79 Å². The Kier molecular flexibility index (Phi) is 2.92. The van der Waals surface area contributed by atoms with Crippen LogP contribution in [0.4, 0.5) is 5.95 Å². The van der Waals surface area contributed by atoms with Crippen molar-refractivity contribution in [2.75, 3.05) is 11.4 Å². The van der Waals surface area contributed by atoms with E-state index in [-0.39, 0.29) is 17.7 Å². The monoisotopic (exact) mass is 303 g/mol. The zero-order valence-corrected chi connectivity index (χ0v) is 12.1. The van der Waals surface area contributed by atoms with Crippen molar-refractivity contribution in [3.05, 3.63) is 34.9 Å². The molecule has 2 aromatic rings. The van der Waals surface area contributed by atoms with Gasteiger partial charge in [0.25, 0.3) is 5.95 Å². The largest absolute Gasteiger partial charge is 0.279 e. The normalized spacial score (nSPS) is 23.8. The van der Waals surface area contributed by atoms with Crippen molar-refractivity contribution in [2.24, 2.45) is 5.92 Å². The van der Waals surface area contributed by atoms with Crippen LogP contribution in [0, 0.1) is 5.92 Å². The molecule has 0 spiro atoms. The van der Waals surface area contributed by atoms with Crippen LogP contribution < -0.4 is 4.90 Å². The number of amides is 1. The second-order valence-corrected chi connectivity index (χ2v) is 5.92. The zero-order chi connectivity index (χ0) is 14.4. The molecule has 2 heterocycles. The van der Waals surface area contributed by atoms with E-state index < -0.39 is 0 Å². The molecule has 2 aliphatic rings. The fourth-order valence-electron chi connectivity index (χ4n) is 3.01. The molecule has 0 unspecified atom stereocenters. The van der Waals surface area contributed by atoms with Gasteiger partial charge in [-0.1, -0.05) is 34.9 Å². The molecule has 0 N–H and O–H groups in total. The second-order valence-electron chi connectivity index (χ2n) is 5.52. The first-order valence-corrected chi connectivity index (χ1v) is 7.45. The lowest BCUT2D eigenvalue weighted by Crippen LogP contribution is -2.39. The maximum absolute atomic E-state index is 12.7. The zero-order valence-electron chi connectivity index (χ0n) is 11.3. The van der Waals surface area contributed by atoms with Crippen LogP contribution in [0.15, 0.2) is 24.3 Å². The Hall–Kier alpha value is -1.95. The third-order valence-corrected chi connectivity index (χ3v) is 4.53. The molecule has 4 rings (SSSR count). The molecule has 1 fully saturated rings. The molecule has 1 aliphatic carbocycles. The molecule has 1 aliphatic heterocycles. The van der Waals surface area contributed by atoms with Gasteiger partial charge in [-0.2, -0.15) is 0 Å². The van der Waals surface area contributed by atoms with Crippen molar-refractivity contribution in [3.8, 4) is 0 Å². The van der Waals surface area contributed by atoms with Gasteiger partial charge in [0.05, 0.1) is 0 Å². The smallest absolute Gasteiger partial charge is 0.252 e. The number of nitrogens with zero attached hydrogens (tertiary/aromatic N) is 5. The number of anilines is 1. The molecule has 0 saturated heterocycles. The SMILES string of the molecule is O=C([C@@H]1C[C@H]1c1ccccc1Cl)N1CCCn2nnnc21. The Morgan fingerprint density at radius 2 is 2.14 bits per heavy atom. The van der Waals surface area contributed by atoms with Crippen LogP contribution in [0.1, 0.15) is 24.3 Å². The predicted molar refractivity (Wildman–Crippen MR) is 77.1 cm³/mol. The van der Waals surface area contributed by atoms with Gasteiger partial charge in [-0.05, 0) is 40.8 Å². The summed E-state index contributed by atoms with van der Waals surface area (Å²) in [5.41, 5.74) is 1.06. The minimum atomic E-state index is -0.00634. The molecular formula is C14H14ClN5O. The number of carbonyl (C=O) groups excluding carboxylic acids is 1. The van der Waals surface area contributed by atoms with Crippen LogP contribution >= 0.6 is 11.6 Å². The predicted octanol–water partition coefficient (Wildman–Crippen LogP) is 1.87. The van der Waals surface area contributed by atoms with E-state index in [9.17, 15) is 4.79 Å². The molecule has 0 bridgehead atoms. The number of hydrogen-bond donors (Lipinski definition) is 0. The highest BCUT2D eigenvalue weighted by atomic mass is 35.5. The molecule has 108 valence electrons. The molecule has 1 aromatic heterocycles. The number of aromatic nitrogens is 4. The summed E-state index contributed by atoms with van der Waals surface area (Å²) < 4.78 is 1.69. The average Bonchev–Trinajstić information content (AvgIpc) is 3.14. The summed E-state index contributed by atoms with van der Waals surface area (Å²) in [5.74, 6) is 0.886. The number of hydrogen-bond acceptors (Lipinski definition) is 4. The van der Waals surface area contributed by atoms with Crippen LogP contribution in [0.3, 0.4) is 0 Å². The Labute approximate surface area is 126 Å². The fraction of sp³-hybridized carbons (Fsp3) is 0.429. The van der Waals surface area contributed by atoms with E-state index in [1.54, 1.807) is 9.58 Å². The first-order chi connectivity index (χ1) is 10.3. The Bertz CT molecular complexity index is 700. The maximum Gasteiger partial charge on any atom is 0.252 e. The summed E-state index contributed by atoms with van der Waals surface area (Å²) in [5, 5.41) is 12.3. The van der Waals surface area contributed by atoms with E-state index in [4.69, 9.17) is 11.6 Å². The van der Waals surface area contributed by atoms with Crippen molar-refractivity contribution in [3.63, 3.8) is 0 Å². The number of tetrazole rings is 1. The van der Waals surface area contributed by atoms with E-state index >= 15 is 0 Å². The first kappa shape index (κ1) is 12.8. The second kappa shape index (κ2) is 4.80. The maximum atomic E-state index is 12.7. The Morgan fingerprint density at radius 1 is 1.29 bits per heavy atom. The molecule has 2 atom stereocenters. The van der Waals surface area contributed by atoms with E-state index in [0.717, 1.165) is 30.0 Å². The van der Waals surface area contributed by atoms with E-state index in [1.165, 1.54) is 0 Å². The van der Waals surface area contributed by atoms with Gasteiger partial charge in [0.1, 0.15) is 0 Å². The summed E-state index contributed by atoms with van der Waals surface area (Å²) in [6.07, 6.45) is 1.73. The highest BCUT2D eigenvalue weighted by Gasteiger charge is 2.47. The highest BCUT2D eigenvalue weighted by molar-refractivity contribution is 6.31. The standard InChI is InChI=1S/C14H14ClN5O/c15-12-5-2-1-4-9(12)10-8-11(10)13(21)19-6-3-7-20-14(19)16-17-18-20/h1-2,4-5,10-11H,3,6-8H2/t10-,11+/m0/s1. The number of carbonyl (C=O) groups is 1. The highest BCUT2D eigenvalue weighted by Crippen LogP contribution is 2.50. The third kappa shape index (κ3) is 2.10. The van der Waals surface area contributed by atoms with E-state index in [0.29, 0.717) is 12.5 Å². The summed E-state index contributed by atoms with van der Waals surface area (Å²) in [6.45, 7) is 1.45. The van der Waals surface area contributed by atoms with Gasteiger partial charge in [0.2, 0.25) is 5.91 Å². The minimum Gasteiger partial charge on any atom is -0.279 e. The summed E-state index contributed by atoms with van der Waals surface area (Å²) in [6, 6.07) is 7.74. The third-order valence-electron chi connectivity index (χ3n) is 4.18. The topological polar surface area (TPSA) is 63.9 Å². The number of halogens is 1. The van der Waals surface area contributed by atoms with Crippen molar-refractivity contribution in [2.45, 2.75) is 25.3 Å². The van der Waals surface area contributed by atoms with Crippen molar-refractivity contribution in [1.29, 1.82) is 0 Å². The van der Waals surface area contributed by atoms with Gasteiger partial charge >= 0.3 is 0 Å². The number of rotatable bonds is 2. The number of aryl methyl sites for hydroxylation is 1. The number of benzene rings is 1. The Morgan fingerprint density at radius 3 is 3.00 bits per heavy atom. The van der Waals surface area contributed by atoms with Crippen LogP contribution in [0.25, 0.3) is 0 Å². The first-order valence-electron chi connectivity index (χ1n) is 7.07. The molecular weight excluding hydrogens is 290 g/mol. The molecule has 0 radical (unpaired) electrons. The fourth-order valence-corrected chi connectivity index (χ4v) is 3.29. The van der Waals surface area contributed by atoms with Gasteiger partial charge in [-0.25, -0.2) is 4.68 Å². The lowest BCUT2D eigenvalue weighted by Gasteiger charge is -2.25. The average molecular weight is 304 g/mol. The van der Waals surface area contributed by atoms with Gasteiger partial charge in [-0.15, -0.1) is 0 Å². The van der Waals surface area contributed by atoms with Gasteiger partial charge in [0.15, 0.2) is 0 Å². The lowest BCUT2D eigenvalue weighted by molar-refractivity contribution is -0.120. The van der Waals surface area contributed by atoms with Crippen molar-refractivity contribution in [1.82, 2.24) is 20.2 Å². The summed E-state index contributed by atoms with van der Waals surface area (Å²) in [7, 11) is 0. The summed E-state index contributed by atoms with van der Waals surface area (Å²) in [4.78, 5) is 14.4. The van der Waals surface area contributed by atoms with E-state index in [1.807, 2.05) is 24.3 Å². The number of fused-ring (bicyclic) bond motifs is 1.